The van der Waals surface area contributed by atoms with Crippen LogP contribution in [0.25, 0.3) is 131 Å². The van der Waals surface area contributed by atoms with Gasteiger partial charge in [-0.3, -0.25) is 0 Å². The van der Waals surface area contributed by atoms with Gasteiger partial charge in [-0.05, 0) is 205 Å². The van der Waals surface area contributed by atoms with E-state index >= 15 is 0 Å². The van der Waals surface area contributed by atoms with Crippen LogP contribution >= 0.6 is 0 Å². The van der Waals surface area contributed by atoms with Gasteiger partial charge < -0.3 is 18.9 Å². The second kappa shape index (κ2) is 20.4. The molecule has 0 spiro atoms. The Morgan fingerprint density at radius 1 is 0.227 bits per heavy atom. The standard InChI is InChI=1S/C92H67BN4/c1-91(2,3)58-37-46-84-78(49-58)79-50-59(92(4,5)6)38-47-85(79)94(84)62-41-44-80-87(53-62)96(61-40-43-73-69-29-13-11-25-65(69)67-27-15-17-31-71(67)77(73)52-61)89-55-63(97-82-34-20-18-32-74(82)75-33-19-21-35-83(75)97)54-88-90(89)93(80)81-48-57(56-22-8-7-9-23-56)36-45-86(81)95(88)60-39-42-72-68-28-12-10-24-64(68)66-26-14-16-30-70(66)76(72)51-60/h7-55H,1-6H3. The molecule has 20 rings (SSSR count). The average Bonchev–Trinajstić information content (AvgIpc) is 1.09. The molecule has 4 heterocycles. The van der Waals surface area contributed by atoms with Crippen molar-refractivity contribution in [3.8, 4) is 22.5 Å². The molecule has 0 unspecified atom stereocenters. The summed E-state index contributed by atoms with van der Waals surface area (Å²) in [6, 6.07) is 114. The molecule has 0 bridgehead atoms. The summed E-state index contributed by atoms with van der Waals surface area (Å²) in [5, 5.41) is 20.0. The quantitative estimate of drug-likeness (QED) is 0.126. The molecule has 0 amide bonds. The molecule has 0 saturated heterocycles. The normalized spacial score (nSPS) is 13.2. The first-order chi connectivity index (χ1) is 47.4. The van der Waals surface area contributed by atoms with Gasteiger partial charge in [0.05, 0.1) is 27.8 Å². The minimum absolute atomic E-state index is 0.0395. The van der Waals surface area contributed by atoms with Crippen LogP contribution in [0.4, 0.5) is 34.1 Å². The highest BCUT2D eigenvalue weighted by Gasteiger charge is 2.45. The summed E-state index contributed by atoms with van der Waals surface area (Å²) in [6.07, 6.45) is 0. The number of nitrogens with zero attached hydrogens (tertiary/aromatic N) is 4. The Hall–Kier alpha value is -11.7. The van der Waals surface area contributed by atoms with Gasteiger partial charge in [-0.2, -0.15) is 0 Å². The summed E-state index contributed by atoms with van der Waals surface area (Å²) < 4.78 is 5.08. The van der Waals surface area contributed by atoms with E-state index in [1.807, 2.05) is 0 Å². The molecular weight excluding hydrogens is 1170 g/mol. The first-order valence-corrected chi connectivity index (χ1v) is 34.3. The van der Waals surface area contributed by atoms with E-state index in [-0.39, 0.29) is 17.5 Å². The van der Waals surface area contributed by atoms with Crippen LogP contribution in [-0.2, 0) is 10.8 Å². The van der Waals surface area contributed by atoms with Gasteiger partial charge in [0.15, 0.2) is 0 Å². The van der Waals surface area contributed by atoms with Crippen molar-refractivity contribution >= 4 is 165 Å². The van der Waals surface area contributed by atoms with Crippen molar-refractivity contribution in [2.45, 2.75) is 52.4 Å². The Kier molecular flexibility index (Phi) is 11.7. The molecule has 0 saturated carbocycles. The van der Waals surface area contributed by atoms with Crippen molar-refractivity contribution in [3.63, 3.8) is 0 Å². The maximum atomic E-state index is 2.66. The molecule has 18 aromatic rings. The van der Waals surface area contributed by atoms with E-state index in [1.165, 1.54) is 136 Å². The highest BCUT2D eigenvalue weighted by Crippen LogP contribution is 2.51. The van der Waals surface area contributed by atoms with Gasteiger partial charge in [0.1, 0.15) is 0 Å². The number of hydrogen-bond acceptors (Lipinski definition) is 2. The summed E-state index contributed by atoms with van der Waals surface area (Å²) in [4.78, 5) is 5.27. The smallest absolute Gasteiger partial charge is 0.252 e. The van der Waals surface area contributed by atoms with Gasteiger partial charge in [-0.15, -0.1) is 0 Å². The topological polar surface area (TPSA) is 16.3 Å². The number of anilines is 6. The number of aromatic nitrogens is 2. The lowest BCUT2D eigenvalue weighted by molar-refractivity contribution is 0.590. The SMILES string of the molecule is CC(C)(C)c1ccc2c(c1)c1cc(C(C)(C)C)ccc1n2-c1ccc2c(c1)N(c1ccc3c4ccccc4c4ccccc4c3c1)c1cc(-n3c4ccccc4c4ccccc43)cc3c1B2c1cc(-c2ccccc2)ccc1N3c1ccc2c3ccccc3c3ccccc3c2c1. The molecule has 2 aliphatic heterocycles. The Labute approximate surface area is 564 Å². The van der Waals surface area contributed by atoms with Crippen LogP contribution in [0, 0.1) is 0 Å². The zero-order valence-corrected chi connectivity index (χ0v) is 55.2. The molecule has 4 nitrogen and oxygen atoms in total. The maximum Gasteiger partial charge on any atom is 0.252 e. The highest BCUT2D eigenvalue weighted by atomic mass is 15.2. The fourth-order valence-electron chi connectivity index (χ4n) is 17.1. The minimum Gasteiger partial charge on any atom is -0.311 e. The number of hydrogen-bond donors (Lipinski definition) is 0. The molecule has 16 aromatic carbocycles. The van der Waals surface area contributed by atoms with E-state index < -0.39 is 0 Å². The molecule has 5 heteroatoms. The predicted octanol–water partition coefficient (Wildman–Crippen LogP) is 23.1. The monoisotopic (exact) mass is 1240 g/mol. The summed E-state index contributed by atoms with van der Waals surface area (Å²) in [5.74, 6) is 0. The molecule has 2 aromatic heterocycles. The Morgan fingerprint density at radius 3 is 1.08 bits per heavy atom. The lowest BCUT2D eigenvalue weighted by Crippen LogP contribution is -2.61. The molecule has 2 aliphatic rings. The van der Waals surface area contributed by atoms with E-state index in [1.54, 1.807) is 0 Å². The molecule has 0 fully saturated rings. The van der Waals surface area contributed by atoms with E-state index in [9.17, 15) is 0 Å². The minimum atomic E-state index is -0.190. The third-order valence-electron chi connectivity index (χ3n) is 21.7. The molecular formula is C92H67BN4. The number of benzene rings is 16. The lowest BCUT2D eigenvalue weighted by atomic mass is 9.33. The third-order valence-corrected chi connectivity index (χ3v) is 21.7. The maximum absolute atomic E-state index is 2.66. The van der Waals surface area contributed by atoms with Crippen LogP contribution < -0.4 is 26.2 Å². The molecule has 0 N–H and O–H groups in total. The van der Waals surface area contributed by atoms with Gasteiger partial charge in [-0.25, -0.2) is 0 Å². The van der Waals surface area contributed by atoms with Crippen LogP contribution in [0.5, 0.6) is 0 Å². The first-order valence-electron chi connectivity index (χ1n) is 34.3. The van der Waals surface area contributed by atoms with Crippen molar-refractivity contribution in [1.29, 1.82) is 0 Å². The Morgan fingerprint density at radius 2 is 0.608 bits per heavy atom. The molecule has 458 valence electrons. The van der Waals surface area contributed by atoms with Crippen molar-refractivity contribution in [1.82, 2.24) is 9.13 Å². The number of para-hydroxylation sites is 2. The Balaban J connectivity index is 0.939. The van der Waals surface area contributed by atoms with Crippen LogP contribution in [-0.4, -0.2) is 15.8 Å². The van der Waals surface area contributed by atoms with Crippen molar-refractivity contribution < 1.29 is 0 Å². The summed E-state index contributed by atoms with van der Waals surface area (Å²) in [7, 11) is 0. The largest absolute Gasteiger partial charge is 0.311 e. The zero-order valence-electron chi connectivity index (χ0n) is 55.2. The molecule has 0 radical (unpaired) electrons. The molecule has 97 heavy (non-hydrogen) atoms. The zero-order chi connectivity index (χ0) is 64.7. The van der Waals surface area contributed by atoms with Gasteiger partial charge in [0, 0.05) is 61.4 Å². The average molecular weight is 1240 g/mol. The fraction of sp³-hybridized carbons (Fsp3) is 0.0870. The first kappa shape index (κ1) is 55.8. The summed E-state index contributed by atoms with van der Waals surface area (Å²) >= 11 is 0. The predicted molar refractivity (Wildman–Crippen MR) is 417 cm³/mol. The lowest BCUT2D eigenvalue weighted by Gasteiger charge is -2.45. The van der Waals surface area contributed by atoms with Gasteiger partial charge in [0.2, 0.25) is 0 Å². The van der Waals surface area contributed by atoms with E-state index in [0.717, 1.165) is 56.5 Å². The fourth-order valence-corrected chi connectivity index (χ4v) is 17.1. The van der Waals surface area contributed by atoms with Crippen LogP contribution in [0.15, 0.2) is 297 Å². The van der Waals surface area contributed by atoms with Crippen molar-refractivity contribution in [2.75, 3.05) is 9.80 Å². The molecule has 0 aliphatic carbocycles. The second-order valence-corrected chi connectivity index (χ2v) is 29.2. The number of rotatable bonds is 5. The summed E-state index contributed by atoms with van der Waals surface area (Å²) in [5.41, 5.74) is 22.4. The van der Waals surface area contributed by atoms with E-state index in [2.05, 4.69) is 358 Å². The number of fused-ring (bicyclic) bond motifs is 22. The summed E-state index contributed by atoms with van der Waals surface area (Å²) in [6.45, 7) is 13.8. The van der Waals surface area contributed by atoms with Gasteiger partial charge in [-0.1, -0.05) is 248 Å². The van der Waals surface area contributed by atoms with Crippen LogP contribution in [0.3, 0.4) is 0 Å². The van der Waals surface area contributed by atoms with Crippen LogP contribution in [0.2, 0.25) is 0 Å². The van der Waals surface area contributed by atoms with Gasteiger partial charge >= 0.3 is 0 Å². The third kappa shape index (κ3) is 8.18. The van der Waals surface area contributed by atoms with Gasteiger partial charge in [0.25, 0.3) is 6.71 Å². The van der Waals surface area contributed by atoms with Crippen LogP contribution in [0.1, 0.15) is 52.7 Å². The highest BCUT2D eigenvalue weighted by molar-refractivity contribution is 7.00. The van der Waals surface area contributed by atoms with Crippen molar-refractivity contribution in [3.05, 3.63) is 308 Å². The van der Waals surface area contributed by atoms with Crippen molar-refractivity contribution in [2.24, 2.45) is 0 Å². The molecule has 0 atom stereocenters. The van der Waals surface area contributed by atoms with E-state index in [4.69, 9.17) is 0 Å². The second-order valence-electron chi connectivity index (χ2n) is 29.2. The van der Waals surface area contributed by atoms with E-state index in [0.29, 0.717) is 0 Å². The Bertz CT molecular complexity index is 6240.